The van der Waals surface area contributed by atoms with Gasteiger partial charge in [0.25, 0.3) is 0 Å². The second kappa shape index (κ2) is 3.54. The minimum Gasteiger partial charge on any atom is -0.322 e. The maximum atomic E-state index is 5.88. The predicted molar refractivity (Wildman–Crippen MR) is 48.0 cm³/mol. The molecule has 0 spiro atoms. The molecule has 2 aromatic rings. The van der Waals surface area contributed by atoms with Crippen molar-refractivity contribution in [3.05, 3.63) is 23.8 Å². The Labute approximate surface area is 80.3 Å². The zero-order valence-corrected chi connectivity index (χ0v) is 7.75. The standard InChI is InChI=1S/C7H11N7/c1-14-4-5(10-13-14)2-6(8)7-3-9-12-11-7/h3-4,6H,2,8H2,1H3,(H,9,11,12). The van der Waals surface area contributed by atoms with Crippen molar-refractivity contribution in [2.24, 2.45) is 12.8 Å². The predicted octanol–water partition coefficient (Wildman–Crippen LogP) is -0.824. The Bertz CT molecular complexity index is 390. The van der Waals surface area contributed by atoms with Gasteiger partial charge in [-0.1, -0.05) is 5.21 Å². The lowest BCUT2D eigenvalue weighted by atomic mass is 10.1. The molecule has 74 valence electrons. The fourth-order valence-electron chi connectivity index (χ4n) is 1.21. The maximum absolute atomic E-state index is 5.88. The van der Waals surface area contributed by atoms with Gasteiger partial charge in [0.1, 0.15) is 0 Å². The van der Waals surface area contributed by atoms with E-state index in [1.807, 2.05) is 13.2 Å². The normalized spacial score (nSPS) is 13.0. The van der Waals surface area contributed by atoms with E-state index in [0.717, 1.165) is 11.4 Å². The van der Waals surface area contributed by atoms with Crippen molar-refractivity contribution in [1.82, 2.24) is 30.4 Å². The average Bonchev–Trinajstić information content (AvgIpc) is 2.75. The number of hydrogen-bond donors (Lipinski definition) is 2. The molecule has 1 unspecified atom stereocenters. The summed E-state index contributed by atoms with van der Waals surface area (Å²) >= 11 is 0. The fourth-order valence-corrected chi connectivity index (χ4v) is 1.21. The van der Waals surface area contributed by atoms with Gasteiger partial charge in [0, 0.05) is 19.7 Å². The van der Waals surface area contributed by atoms with Crippen LogP contribution in [0, 0.1) is 0 Å². The first-order valence-electron chi connectivity index (χ1n) is 4.22. The molecule has 0 bridgehead atoms. The van der Waals surface area contributed by atoms with Crippen molar-refractivity contribution in [3.63, 3.8) is 0 Å². The lowest BCUT2D eigenvalue weighted by molar-refractivity contribution is 0.673. The zero-order chi connectivity index (χ0) is 9.97. The van der Waals surface area contributed by atoms with Crippen LogP contribution < -0.4 is 5.73 Å². The van der Waals surface area contributed by atoms with Crippen molar-refractivity contribution in [2.75, 3.05) is 0 Å². The van der Waals surface area contributed by atoms with Crippen LogP contribution >= 0.6 is 0 Å². The first kappa shape index (κ1) is 8.82. The van der Waals surface area contributed by atoms with Crippen LogP contribution in [0.4, 0.5) is 0 Å². The number of aryl methyl sites for hydroxylation is 1. The van der Waals surface area contributed by atoms with E-state index < -0.39 is 0 Å². The van der Waals surface area contributed by atoms with Crippen molar-refractivity contribution in [2.45, 2.75) is 12.5 Å². The number of nitrogens with zero attached hydrogens (tertiary/aromatic N) is 5. The number of aromatic amines is 1. The van der Waals surface area contributed by atoms with E-state index in [2.05, 4.69) is 25.7 Å². The first-order valence-corrected chi connectivity index (χ1v) is 4.22. The lowest BCUT2D eigenvalue weighted by Crippen LogP contribution is -2.14. The Morgan fingerprint density at radius 3 is 3.07 bits per heavy atom. The molecule has 0 saturated heterocycles. The van der Waals surface area contributed by atoms with Crippen molar-refractivity contribution in [3.8, 4) is 0 Å². The highest BCUT2D eigenvalue weighted by Gasteiger charge is 2.11. The molecule has 7 nitrogen and oxygen atoms in total. The van der Waals surface area contributed by atoms with Crippen LogP contribution in [0.15, 0.2) is 12.4 Å². The number of H-pyrrole nitrogens is 1. The Morgan fingerprint density at radius 2 is 2.50 bits per heavy atom. The van der Waals surface area contributed by atoms with Crippen LogP contribution in [0.1, 0.15) is 17.4 Å². The second-order valence-corrected chi connectivity index (χ2v) is 3.09. The van der Waals surface area contributed by atoms with Crippen LogP contribution in [0.5, 0.6) is 0 Å². The smallest absolute Gasteiger partial charge is 0.0995 e. The molecule has 0 saturated carbocycles. The number of hydrogen-bond acceptors (Lipinski definition) is 5. The van der Waals surface area contributed by atoms with Crippen LogP contribution in [-0.2, 0) is 13.5 Å². The molecule has 2 heterocycles. The van der Waals surface area contributed by atoms with Gasteiger partial charge in [0.15, 0.2) is 0 Å². The fraction of sp³-hybridized carbons (Fsp3) is 0.429. The molecule has 0 radical (unpaired) electrons. The minimum atomic E-state index is -0.189. The minimum absolute atomic E-state index is 0.189. The van der Waals surface area contributed by atoms with Crippen molar-refractivity contribution in [1.29, 1.82) is 0 Å². The summed E-state index contributed by atoms with van der Waals surface area (Å²) in [6.07, 6.45) is 4.06. The van der Waals surface area contributed by atoms with Crippen LogP contribution in [0.3, 0.4) is 0 Å². The van der Waals surface area contributed by atoms with E-state index in [1.165, 1.54) is 0 Å². The van der Waals surface area contributed by atoms with Gasteiger partial charge in [-0.3, -0.25) is 4.68 Å². The highest BCUT2D eigenvalue weighted by Crippen LogP contribution is 2.09. The Kier molecular flexibility index (Phi) is 2.23. The summed E-state index contributed by atoms with van der Waals surface area (Å²) in [5, 5.41) is 17.9. The van der Waals surface area contributed by atoms with Crippen molar-refractivity contribution < 1.29 is 0 Å². The Morgan fingerprint density at radius 1 is 1.64 bits per heavy atom. The van der Waals surface area contributed by atoms with Gasteiger partial charge in [-0.2, -0.15) is 15.4 Å². The molecule has 0 aliphatic carbocycles. The molecule has 0 aliphatic rings. The second-order valence-electron chi connectivity index (χ2n) is 3.09. The summed E-state index contributed by atoms with van der Waals surface area (Å²) in [6, 6.07) is -0.189. The van der Waals surface area contributed by atoms with E-state index in [4.69, 9.17) is 5.73 Å². The summed E-state index contributed by atoms with van der Waals surface area (Å²) in [4.78, 5) is 0. The summed E-state index contributed by atoms with van der Waals surface area (Å²) in [7, 11) is 1.82. The number of nitrogens with two attached hydrogens (primary N) is 1. The number of rotatable bonds is 3. The van der Waals surface area contributed by atoms with Crippen LogP contribution in [0.25, 0.3) is 0 Å². The van der Waals surface area contributed by atoms with Gasteiger partial charge < -0.3 is 5.73 Å². The van der Waals surface area contributed by atoms with Crippen molar-refractivity contribution >= 4 is 0 Å². The summed E-state index contributed by atoms with van der Waals surface area (Å²) in [5.74, 6) is 0. The van der Waals surface area contributed by atoms with E-state index in [0.29, 0.717) is 6.42 Å². The molecular formula is C7H11N7. The summed E-state index contributed by atoms with van der Waals surface area (Å²) in [5.41, 5.74) is 7.46. The van der Waals surface area contributed by atoms with E-state index in [9.17, 15) is 0 Å². The molecular weight excluding hydrogens is 182 g/mol. The zero-order valence-electron chi connectivity index (χ0n) is 7.75. The number of aromatic nitrogens is 6. The van der Waals surface area contributed by atoms with E-state index >= 15 is 0 Å². The quantitative estimate of drug-likeness (QED) is 0.663. The highest BCUT2D eigenvalue weighted by molar-refractivity contribution is 5.05. The van der Waals surface area contributed by atoms with Gasteiger partial charge in [-0.05, 0) is 0 Å². The molecule has 1 atom stereocenters. The number of nitrogens with one attached hydrogen (secondary N) is 1. The molecule has 0 fully saturated rings. The molecule has 2 rings (SSSR count). The summed E-state index contributed by atoms with van der Waals surface area (Å²) < 4.78 is 1.64. The molecule has 3 N–H and O–H groups in total. The van der Waals surface area contributed by atoms with E-state index in [-0.39, 0.29) is 6.04 Å². The maximum Gasteiger partial charge on any atom is 0.0995 e. The third kappa shape index (κ3) is 1.77. The molecule has 7 heteroatoms. The van der Waals surface area contributed by atoms with Gasteiger partial charge in [0.05, 0.1) is 23.6 Å². The van der Waals surface area contributed by atoms with Gasteiger partial charge in [-0.15, -0.1) is 5.10 Å². The third-order valence-corrected chi connectivity index (χ3v) is 1.89. The van der Waals surface area contributed by atoms with E-state index in [1.54, 1.807) is 10.9 Å². The van der Waals surface area contributed by atoms with Gasteiger partial charge in [0.2, 0.25) is 0 Å². The third-order valence-electron chi connectivity index (χ3n) is 1.89. The molecule has 2 aromatic heterocycles. The molecule has 0 amide bonds. The van der Waals surface area contributed by atoms with Crippen LogP contribution in [-0.4, -0.2) is 30.4 Å². The highest BCUT2D eigenvalue weighted by atomic mass is 15.4. The Hall–Kier alpha value is -1.76. The lowest BCUT2D eigenvalue weighted by Gasteiger charge is -2.03. The topological polar surface area (TPSA) is 98.3 Å². The summed E-state index contributed by atoms with van der Waals surface area (Å²) in [6.45, 7) is 0. The Balaban J connectivity index is 2.05. The average molecular weight is 193 g/mol. The van der Waals surface area contributed by atoms with Gasteiger partial charge in [-0.25, -0.2) is 0 Å². The largest absolute Gasteiger partial charge is 0.322 e. The monoisotopic (exact) mass is 193 g/mol. The molecule has 14 heavy (non-hydrogen) atoms. The van der Waals surface area contributed by atoms with Gasteiger partial charge >= 0.3 is 0 Å². The first-order chi connectivity index (χ1) is 6.75. The molecule has 0 aromatic carbocycles. The SMILES string of the molecule is Cn1cc(CC(N)c2cn[nH]n2)nn1. The molecule has 0 aliphatic heterocycles. The van der Waals surface area contributed by atoms with Crippen LogP contribution in [0.2, 0.25) is 0 Å².